The zero-order valence-electron chi connectivity index (χ0n) is 17.4. The topological polar surface area (TPSA) is 123 Å². The minimum absolute atomic E-state index is 0.147. The van der Waals surface area contributed by atoms with Gasteiger partial charge in [-0.3, -0.25) is 9.59 Å². The molecule has 4 rings (SSSR count). The highest BCUT2D eigenvalue weighted by Gasteiger charge is 2.14. The SMILES string of the molecule is C=CC(=O)Nc1ccc(CC(=O)Nc2ccc(-c3cc(C)nc4noc(N)c34)cc2)cc1. The van der Waals surface area contributed by atoms with Gasteiger partial charge in [0.1, 0.15) is 0 Å². The number of carbonyl (C=O) groups excluding carboxylic acids is 2. The van der Waals surface area contributed by atoms with E-state index in [1.807, 2.05) is 37.3 Å². The van der Waals surface area contributed by atoms with Gasteiger partial charge in [0.2, 0.25) is 23.3 Å². The Labute approximate surface area is 184 Å². The van der Waals surface area contributed by atoms with Gasteiger partial charge in [-0.15, -0.1) is 0 Å². The number of carbonyl (C=O) groups is 2. The maximum Gasteiger partial charge on any atom is 0.247 e. The first-order chi connectivity index (χ1) is 15.4. The van der Waals surface area contributed by atoms with E-state index in [4.69, 9.17) is 10.3 Å². The molecular weight excluding hydrogens is 406 g/mol. The molecular formula is C24H21N5O3. The molecule has 4 N–H and O–H groups in total. The largest absolute Gasteiger partial charge is 0.367 e. The van der Waals surface area contributed by atoms with Gasteiger partial charge in [-0.05, 0) is 54.5 Å². The van der Waals surface area contributed by atoms with Gasteiger partial charge < -0.3 is 20.9 Å². The number of hydrogen-bond acceptors (Lipinski definition) is 6. The molecule has 8 nitrogen and oxygen atoms in total. The number of nitrogens with two attached hydrogens (primary N) is 1. The number of pyridine rings is 1. The van der Waals surface area contributed by atoms with Crippen LogP contribution in [0.1, 0.15) is 11.3 Å². The second kappa shape index (κ2) is 8.73. The predicted molar refractivity (Wildman–Crippen MR) is 124 cm³/mol. The van der Waals surface area contributed by atoms with Crippen molar-refractivity contribution in [3.05, 3.63) is 78.5 Å². The number of rotatable bonds is 6. The number of amides is 2. The Morgan fingerprint density at radius 3 is 2.41 bits per heavy atom. The maximum absolute atomic E-state index is 12.4. The standard InChI is InChI=1S/C24H21N5O3/c1-3-20(30)27-17-8-4-15(5-9-17)13-21(31)28-18-10-6-16(7-11-18)19-12-14(2)26-24-22(19)23(25)32-29-24/h3-12H,1,13,25H2,2H3,(H,27,30)(H,28,31). The number of aromatic nitrogens is 2. The molecule has 4 aromatic rings. The van der Waals surface area contributed by atoms with Crippen LogP contribution in [0.5, 0.6) is 0 Å². The van der Waals surface area contributed by atoms with Crippen LogP contribution < -0.4 is 16.4 Å². The summed E-state index contributed by atoms with van der Waals surface area (Å²) < 4.78 is 5.08. The molecule has 0 aliphatic heterocycles. The summed E-state index contributed by atoms with van der Waals surface area (Å²) in [6, 6.07) is 16.4. The van der Waals surface area contributed by atoms with E-state index < -0.39 is 0 Å². The molecule has 0 saturated heterocycles. The van der Waals surface area contributed by atoms with Gasteiger partial charge in [0.25, 0.3) is 0 Å². The number of nitrogen functional groups attached to an aromatic ring is 1. The average Bonchev–Trinajstić information content (AvgIpc) is 3.15. The number of aryl methyl sites for hydroxylation is 1. The number of nitrogens with one attached hydrogen (secondary N) is 2. The van der Waals surface area contributed by atoms with E-state index in [-0.39, 0.29) is 24.1 Å². The lowest BCUT2D eigenvalue weighted by atomic mass is 10.0. The van der Waals surface area contributed by atoms with Crippen LogP contribution in [-0.2, 0) is 16.0 Å². The second-order valence-electron chi connectivity index (χ2n) is 7.25. The van der Waals surface area contributed by atoms with Crippen molar-refractivity contribution in [2.24, 2.45) is 0 Å². The van der Waals surface area contributed by atoms with Crippen molar-refractivity contribution in [1.82, 2.24) is 10.1 Å². The van der Waals surface area contributed by atoms with Crippen LogP contribution in [-0.4, -0.2) is 22.0 Å². The Balaban J connectivity index is 1.44. The molecule has 0 fully saturated rings. The molecule has 160 valence electrons. The predicted octanol–water partition coefficient (Wildman–Crippen LogP) is 4.09. The molecule has 32 heavy (non-hydrogen) atoms. The summed E-state index contributed by atoms with van der Waals surface area (Å²) in [4.78, 5) is 28.1. The second-order valence-corrected chi connectivity index (χ2v) is 7.25. The van der Waals surface area contributed by atoms with Crippen LogP contribution in [0.25, 0.3) is 22.2 Å². The molecule has 2 aromatic carbocycles. The zero-order valence-corrected chi connectivity index (χ0v) is 17.4. The van der Waals surface area contributed by atoms with Gasteiger partial charge in [0, 0.05) is 22.6 Å². The summed E-state index contributed by atoms with van der Waals surface area (Å²) in [5.74, 6) is -0.214. The molecule has 0 spiro atoms. The Morgan fingerprint density at radius 1 is 1.06 bits per heavy atom. The molecule has 2 heterocycles. The number of hydrogen-bond donors (Lipinski definition) is 3. The van der Waals surface area contributed by atoms with Crippen LogP contribution in [0.15, 0.2) is 71.8 Å². The van der Waals surface area contributed by atoms with Crippen LogP contribution in [0, 0.1) is 6.92 Å². The number of nitrogens with zero attached hydrogens (tertiary/aromatic N) is 2. The summed E-state index contributed by atoms with van der Waals surface area (Å²) in [5, 5.41) is 10.1. The zero-order chi connectivity index (χ0) is 22.7. The van der Waals surface area contributed by atoms with Gasteiger partial charge in [-0.2, -0.15) is 0 Å². The van der Waals surface area contributed by atoms with Gasteiger partial charge in [-0.25, -0.2) is 4.98 Å². The molecule has 0 atom stereocenters. The fourth-order valence-corrected chi connectivity index (χ4v) is 3.35. The summed E-state index contributed by atoms with van der Waals surface area (Å²) >= 11 is 0. The lowest BCUT2D eigenvalue weighted by Crippen LogP contribution is -2.14. The van der Waals surface area contributed by atoms with Crippen molar-refractivity contribution in [3.8, 4) is 11.1 Å². The molecule has 0 radical (unpaired) electrons. The highest BCUT2D eigenvalue weighted by molar-refractivity contribution is 6.00. The van der Waals surface area contributed by atoms with Crippen LogP contribution >= 0.6 is 0 Å². The molecule has 0 aliphatic carbocycles. The summed E-state index contributed by atoms with van der Waals surface area (Å²) in [5.41, 5.74) is 11.1. The van der Waals surface area contributed by atoms with Crippen molar-refractivity contribution in [3.63, 3.8) is 0 Å². The van der Waals surface area contributed by atoms with E-state index in [0.717, 1.165) is 22.4 Å². The average molecular weight is 427 g/mol. The normalized spacial score (nSPS) is 10.7. The minimum atomic E-state index is -0.284. The Kier molecular flexibility index (Phi) is 5.67. The van der Waals surface area contributed by atoms with Crippen molar-refractivity contribution < 1.29 is 14.1 Å². The first-order valence-corrected chi connectivity index (χ1v) is 9.88. The van der Waals surface area contributed by atoms with Crippen molar-refractivity contribution in [2.75, 3.05) is 16.4 Å². The first-order valence-electron chi connectivity index (χ1n) is 9.88. The van der Waals surface area contributed by atoms with E-state index in [9.17, 15) is 9.59 Å². The van der Waals surface area contributed by atoms with Crippen LogP contribution in [0.2, 0.25) is 0 Å². The monoisotopic (exact) mass is 427 g/mol. The highest BCUT2D eigenvalue weighted by atomic mass is 16.5. The lowest BCUT2D eigenvalue weighted by molar-refractivity contribution is -0.115. The maximum atomic E-state index is 12.4. The van der Waals surface area contributed by atoms with Crippen LogP contribution in [0.3, 0.4) is 0 Å². The number of benzene rings is 2. The van der Waals surface area contributed by atoms with Gasteiger partial charge >= 0.3 is 0 Å². The van der Waals surface area contributed by atoms with E-state index in [2.05, 4.69) is 27.4 Å². The van der Waals surface area contributed by atoms with Gasteiger partial charge in [0.15, 0.2) is 0 Å². The first kappa shape index (κ1) is 20.8. The van der Waals surface area contributed by atoms with E-state index >= 15 is 0 Å². The Bertz CT molecular complexity index is 1310. The minimum Gasteiger partial charge on any atom is -0.367 e. The summed E-state index contributed by atoms with van der Waals surface area (Å²) in [7, 11) is 0. The summed E-state index contributed by atoms with van der Waals surface area (Å²) in [6.45, 7) is 5.29. The number of anilines is 3. The molecule has 0 bridgehead atoms. The molecule has 2 aromatic heterocycles. The molecule has 0 saturated carbocycles. The fourth-order valence-electron chi connectivity index (χ4n) is 3.35. The third kappa shape index (κ3) is 4.49. The molecule has 0 unspecified atom stereocenters. The smallest absolute Gasteiger partial charge is 0.247 e. The molecule has 0 aliphatic rings. The van der Waals surface area contributed by atoms with Gasteiger partial charge in [-0.1, -0.05) is 36.0 Å². The fraction of sp³-hybridized carbons (Fsp3) is 0.0833. The van der Waals surface area contributed by atoms with Gasteiger partial charge in [0.05, 0.1) is 11.8 Å². The van der Waals surface area contributed by atoms with Crippen molar-refractivity contribution in [2.45, 2.75) is 13.3 Å². The van der Waals surface area contributed by atoms with E-state index in [0.29, 0.717) is 22.4 Å². The highest BCUT2D eigenvalue weighted by Crippen LogP contribution is 2.32. The molecule has 2 amide bonds. The lowest BCUT2D eigenvalue weighted by Gasteiger charge is -2.09. The van der Waals surface area contributed by atoms with Crippen LogP contribution in [0.4, 0.5) is 17.3 Å². The third-order valence-electron chi connectivity index (χ3n) is 4.86. The van der Waals surface area contributed by atoms with E-state index in [1.165, 1.54) is 6.08 Å². The van der Waals surface area contributed by atoms with E-state index in [1.54, 1.807) is 24.3 Å². The number of fused-ring (bicyclic) bond motifs is 1. The van der Waals surface area contributed by atoms with Crippen molar-refractivity contribution >= 4 is 40.1 Å². The third-order valence-corrected chi connectivity index (χ3v) is 4.86. The Morgan fingerprint density at radius 2 is 1.72 bits per heavy atom. The van der Waals surface area contributed by atoms with Crippen molar-refractivity contribution in [1.29, 1.82) is 0 Å². The summed E-state index contributed by atoms with van der Waals surface area (Å²) in [6.07, 6.45) is 1.41. The Hall–Kier alpha value is -4.46. The quantitative estimate of drug-likeness (QED) is 0.398. The molecule has 8 heteroatoms.